The van der Waals surface area contributed by atoms with Crippen molar-refractivity contribution in [1.29, 1.82) is 0 Å². The van der Waals surface area contributed by atoms with Crippen LogP contribution in [-0.2, 0) is 0 Å². The van der Waals surface area contributed by atoms with Crippen LogP contribution in [0.25, 0.3) is 0 Å². The van der Waals surface area contributed by atoms with Crippen molar-refractivity contribution in [3.05, 3.63) is 34.3 Å². The Morgan fingerprint density at radius 1 is 1.42 bits per heavy atom. The second-order valence-electron chi connectivity index (χ2n) is 4.38. The van der Waals surface area contributed by atoms with Crippen molar-refractivity contribution >= 4 is 27.7 Å². The molecule has 1 N–H and O–H groups in total. The van der Waals surface area contributed by atoms with Crippen molar-refractivity contribution in [1.82, 2.24) is 20.2 Å². The molecule has 102 valence electrons. The van der Waals surface area contributed by atoms with E-state index in [1.807, 2.05) is 38.1 Å². The van der Waals surface area contributed by atoms with E-state index in [4.69, 9.17) is 0 Å². The van der Waals surface area contributed by atoms with E-state index in [0.29, 0.717) is 5.75 Å². The lowest BCUT2D eigenvalue weighted by Gasteiger charge is -2.11. The van der Waals surface area contributed by atoms with Crippen molar-refractivity contribution in [3.63, 3.8) is 0 Å². The second kappa shape index (κ2) is 6.49. The van der Waals surface area contributed by atoms with Gasteiger partial charge in [-0.1, -0.05) is 39.8 Å². The zero-order chi connectivity index (χ0) is 13.8. The van der Waals surface area contributed by atoms with Gasteiger partial charge >= 0.3 is 0 Å². The van der Waals surface area contributed by atoms with Crippen molar-refractivity contribution in [2.24, 2.45) is 0 Å². The number of aliphatic hydroxyl groups excluding tert-OH is 1. The molecule has 0 fully saturated rings. The smallest absolute Gasteiger partial charge is 0.209 e. The maximum atomic E-state index is 10.2. The molecule has 5 nitrogen and oxygen atoms in total. The number of aromatic nitrogens is 4. The number of tetrazole rings is 1. The van der Waals surface area contributed by atoms with Crippen LogP contribution in [0.3, 0.4) is 0 Å². The van der Waals surface area contributed by atoms with E-state index in [1.165, 1.54) is 11.8 Å². The van der Waals surface area contributed by atoms with Gasteiger partial charge in [0.25, 0.3) is 0 Å². The van der Waals surface area contributed by atoms with Gasteiger partial charge < -0.3 is 5.11 Å². The SMILES string of the molecule is CC(C)n1nnnc1SC[C@H](O)c1cccc(Br)c1. The standard InChI is InChI=1S/C12H15BrN4OS/c1-8(2)17-12(14-15-16-17)19-7-11(18)9-4-3-5-10(13)6-9/h3-6,8,11,18H,7H2,1-2H3/t11-/m0/s1. The zero-order valence-electron chi connectivity index (χ0n) is 10.7. The Labute approximate surface area is 124 Å². The summed E-state index contributed by atoms with van der Waals surface area (Å²) in [6, 6.07) is 7.87. The Morgan fingerprint density at radius 2 is 2.21 bits per heavy atom. The van der Waals surface area contributed by atoms with Crippen molar-refractivity contribution in [3.8, 4) is 0 Å². The highest BCUT2D eigenvalue weighted by Crippen LogP contribution is 2.25. The van der Waals surface area contributed by atoms with E-state index in [2.05, 4.69) is 31.5 Å². The zero-order valence-corrected chi connectivity index (χ0v) is 13.1. The van der Waals surface area contributed by atoms with Gasteiger partial charge in [-0.3, -0.25) is 0 Å². The molecule has 1 atom stereocenters. The molecule has 1 heterocycles. The van der Waals surface area contributed by atoms with Crippen LogP contribution in [0.2, 0.25) is 0 Å². The fourth-order valence-corrected chi connectivity index (χ4v) is 2.96. The molecule has 0 saturated carbocycles. The van der Waals surface area contributed by atoms with Gasteiger partial charge in [-0.2, -0.15) is 0 Å². The maximum Gasteiger partial charge on any atom is 0.209 e. The van der Waals surface area contributed by atoms with Crippen molar-refractivity contribution in [2.45, 2.75) is 31.1 Å². The van der Waals surface area contributed by atoms with E-state index >= 15 is 0 Å². The third kappa shape index (κ3) is 3.77. The van der Waals surface area contributed by atoms with Crippen LogP contribution in [0, 0.1) is 0 Å². The summed E-state index contributed by atoms with van der Waals surface area (Å²) >= 11 is 4.85. The van der Waals surface area contributed by atoms with Crippen LogP contribution in [-0.4, -0.2) is 31.1 Å². The molecule has 19 heavy (non-hydrogen) atoms. The van der Waals surface area contributed by atoms with Gasteiger partial charge in [0.05, 0.1) is 12.1 Å². The molecule has 0 aliphatic carbocycles. The Kier molecular flexibility index (Phi) is 4.95. The predicted molar refractivity (Wildman–Crippen MR) is 78.0 cm³/mol. The van der Waals surface area contributed by atoms with Crippen LogP contribution >= 0.6 is 27.7 Å². The molecule has 2 aromatic rings. The van der Waals surface area contributed by atoms with Gasteiger partial charge in [-0.25, -0.2) is 4.68 Å². The van der Waals surface area contributed by atoms with E-state index in [1.54, 1.807) is 4.68 Å². The highest BCUT2D eigenvalue weighted by molar-refractivity contribution is 9.10. The molecule has 0 bridgehead atoms. The molecule has 0 radical (unpaired) electrons. The lowest BCUT2D eigenvalue weighted by Crippen LogP contribution is -2.07. The maximum absolute atomic E-state index is 10.2. The molecule has 0 unspecified atom stereocenters. The van der Waals surface area contributed by atoms with Crippen LogP contribution in [0.5, 0.6) is 0 Å². The molecular weight excluding hydrogens is 328 g/mol. The summed E-state index contributed by atoms with van der Waals surface area (Å²) in [7, 11) is 0. The van der Waals surface area contributed by atoms with Gasteiger partial charge in [0, 0.05) is 10.2 Å². The molecule has 0 aliphatic heterocycles. The minimum Gasteiger partial charge on any atom is -0.388 e. The van der Waals surface area contributed by atoms with Gasteiger partial charge in [0.15, 0.2) is 0 Å². The number of halogens is 1. The van der Waals surface area contributed by atoms with Gasteiger partial charge in [0.2, 0.25) is 5.16 Å². The fraction of sp³-hybridized carbons (Fsp3) is 0.417. The average molecular weight is 343 g/mol. The van der Waals surface area contributed by atoms with E-state index in [9.17, 15) is 5.11 Å². The number of aliphatic hydroxyl groups is 1. The molecule has 2 rings (SSSR count). The molecule has 7 heteroatoms. The Balaban J connectivity index is 2.00. The first-order chi connectivity index (χ1) is 9.08. The summed E-state index contributed by atoms with van der Waals surface area (Å²) in [5, 5.41) is 22.4. The highest BCUT2D eigenvalue weighted by Gasteiger charge is 2.13. The number of nitrogens with zero attached hydrogens (tertiary/aromatic N) is 4. The number of rotatable bonds is 5. The van der Waals surface area contributed by atoms with Gasteiger partial charge in [0.1, 0.15) is 0 Å². The molecule has 0 aliphatic rings. The second-order valence-corrected chi connectivity index (χ2v) is 6.28. The largest absolute Gasteiger partial charge is 0.388 e. The number of hydrogen-bond donors (Lipinski definition) is 1. The Bertz CT molecular complexity index is 546. The van der Waals surface area contributed by atoms with Crippen LogP contribution in [0.4, 0.5) is 0 Å². The summed E-state index contributed by atoms with van der Waals surface area (Å²) in [6.07, 6.45) is -0.542. The summed E-state index contributed by atoms with van der Waals surface area (Å²) in [4.78, 5) is 0. The van der Waals surface area contributed by atoms with Crippen molar-refractivity contribution < 1.29 is 5.11 Å². The number of hydrogen-bond acceptors (Lipinski definition) is 5. The predicted octanol–water partition coefficient (Wildman–Crippen LogP) is 2.84. The van der Waals surface area contributed by atoms with Crippen LogP contribution in [0.15, 0.2) is 33.9 Å². The molecule has 1 aromatic heterocycles. The van der Waals surface area contributed by atoms with Gasteiger partial charge in [-0.15, -0.1) is 5.10 Å². The number of benzene rings is 1. The lowest BCUT2D eigenvalue weighted by molar-refractivity contribution is 0.204. The molecular formula is C12H15BrN4OS. The molecule has 0 amide bonds. The van der Waals surface area contributed by atoms with E-state index in [0.717, 1.165) is 15.2 Å². The third-order valence-corrected chi connectivity index (χ3v) is 4.06. The Morgan fingerprint density at radius 3 is 2.89 bits per heavy atom. The topological polar surface area (TPSA) is 63.8 Å². The van der Waals surface area contributed by atoms with Crippen LogP contribution in [0.1, 0.15) is 31.6 Å². The van der Waals surface area contributed by atoms with Crippen molar-refractivity contribution in [2.75, 3.05) is 5.75 Å². The Hall–Kier alpha value is -0.920. The van der Waals surface area contributed by atoms with E-state index in [-0.39, 0.29) is 6.04 Å². The third-order valence-electron chi connectivity index (χ3n) is 2.56. The average Bonchev–Trinajstić information content (AvgIpc) is 2.84. The first-order valence-electron chi connectivity index (χ1n) is 5.92. The first-order valence-corrected chi connectivity index (χ1v) is 7.70. The normalized spacial score (nSPS) is 12.9. The fourth-order valence-electron chi connectivity index (χ4n) is 1.57. The summed E-state index contributed by atoms with van der Waals surface area (Å²) in [6.45, 7) is 4.04. The minimum absolute atomic E-state index is 0.209. The van der Waals surface area contributed by atoms with Crippen LogP contribution < -0.4 is 0 Å². The van der Waals surface area contributed by atoms with Gasteiger partial charge in [-0.05, 0) is 42.0 Å². The summed E-state index contributed by atoms with van der Waals surface area (Å²) in [5.41, 5.74) is 0.880. The van der Waals surface area contributed by atoms with E-state index < -0.39 is 6.10 Å². The summed E-state index contributed by atoms with van der Waals surface area (Å²) < 4.78 is 2.71. The molecule has 1 aromatic carbocycles. The molecule has 0 spiro atoms. The first kappa shape index (κ1) is 14.5. The quantitative estimate of drug-likeness (QED) is 0.846. The molecule has 0 saturated heterocycles. The lowest BCUT2D eigenvalue weighted by atomic mass is 10.1. The monoisotopic (exact) mass is 342 g/mol. The number of thioether (sulfide) groups is 1. The highest BCUT2D eigenvalue weighted by atomic mass is 79.9. The minimum atomic E-state index is -0.542. The summed E-state index contributed by atoms with van der Waals surface area (Å²) in [5.74, 6) is 0.517.